The highest BCUT2D eigenvalue weighted by molar-refractivity contribution is 7.89. The molecular formula is C19H25N5O5S2. The summed E-state index contributed by atoms with van der Waals surface area (Å²) in [6.45, 7) is 6.56. The highest BCUT2D eigenvalue weighted by Crippen LogP contribution is 2.18. The molecule has 0 unspecified atom stereocenters. The number of amides is 2. The van der Waals surface area contributed by atoms with Crippen molar-refractivity contribution in [3.05, 3.63) is 35.3 Å². The molecule has 1 fully saturated rings. The second-order valence-electron chi connectivity index (χ2n) is 7.07. The van der Waals surface area contributed by atoms with Crippen molar-refractivity contribution in [2.45, 2.75) is 31.3 Å². The maximum Gasteiger partial charge on any atom is 0.244 e. The molecule has 3 N–H and O–H groups in total. The Morgan fingerprint density at radius 1 is 1.19 bits per heavy atom. The summed E-state index contributed by atoms with van der Waals surface area (Å²) in [6.07, 6.45) is 0. The van der Waals surface area contributed by atoms with Crippen LogP contribution in [-0.2, 0) is 30.9 Å². The third-order valence-electron chi connectivity index (χ3n) is 4.48. The summed E-state index contributed by atoms with van der Waals surface area (Å²) in [5.41, 5.74) is 1.32. The highest BCUT2D eigenvalue weighted by Gasteiger charge is 2.23. The molecule has 1 saturated heterocycles. The zero-order chi connectivity index (χ0) is 22.4. The van der Waals surface area contributed by atoms with Crippen molar-refractivity contribution in [1.29, 1.82) is 0 Å². The van der Waals surface area contributed by atoms with E-state index in [1.807, 2.05) is 5.38 Å². The minimum Gasteiger partial charge on any atom is -0.379 e. The number of nitrogens with one attached hydrogen (secondary N) is 3. The van der Waals surface area contributed by atoms with Gasteiger partial charge in [0.1, 0.15) is 0 Å². The average molecular weight is 468 g/mol. The number of nitrogens with zero attached hydrogens (tertiary/aromatic N) is 2. The Kier molecular flexibility index (Phi) is 7.73. The van der Waals surface area contributed by atoms with Crippen LogP contribution in [0.4, 0.5) is 10.8 Å². The number of morpholine rings is 1. The molecule has 168 valence electrons. The molecule has 2 heterocycles. The van der Waals surface area contributed by atoms with Crippen LogP contribution in [0, 0.1) is 0 Å². The molecular weight excluding hydrogens is 442 g/mol. The topological polar surface area (TPSA) is 130 Å². The Morgan fingerprint density at radius 2 is 1.87 bits per heavy atom. The fourth-order valence-corrected chi connectivity index (χ4v) is 4.82. The first-order valence-corrected chi connectivity index (χ1v) is 12.0. The van der Waals surface area contributed by atoms with Crippen LogP contribution < -0.4 is 15.4 Å². The Balaban J connectivity index is 1.55. The lowest BCUT2D eigenvalue weighted by molar-refractivity contribution is -0.117. The van der Waals surface area contributed by atoms with Gasteiger partial charge in [0.05, 0.1) is 29.8 Å². The van der Waals surface area contributed by atoms with Crippen molar-refractivity contribution in [1.82, 2.24) is 14.6 Å². The quantitative estimate of drug-likeness (QED) is 0.533. The SMILES string of the molecule is CC(=O)Nc1ccc(S(=O)(=O)N[C@@H](C)C(=O)Nc2nc(CN3CCOCC3)cs2)cc1. The lowest BCUT2D eigenvalue weighted by Gasteiger charge is -2.25. The van der Waals surface area contributed by atoms with Crippen molar-refractivity contribution in [2.24, 2.45) is 0 Å². The average Bonchev–Trinajstić information content (AvgIpc) is 3.15. The van der Waals surface area contributed by atoms with E-state index >= 15 is 0 Å². The maximum atomic E-state index is 12.6. The first kappa shape index (κ1) is 23.3. The monoisotopic (exact) mass is 467 g/mol. The highest BCUT2D eigenvalue weighted by atomic mass is 32.2. The summed E-state index contributed by atoms with van der Waals surface area (Å²) < 4.78 is 32.8. The number of aromatic nitrogens is 1. The van der Waals surface area contributed by atoms with Crippen molar-refractivity contribution < 1.29 is 22.7 Å². The molecule has 0 bridgehead atoms. The van der Waals surface area contributed by atoms with Crippen LogP contribution in [0.15, 0.2) is 34.5 Å². The van der Waals surface area contributed by atoms with Gasteiger partial charge < -0.3 is 15.4 Å². The van der Waals surface area contributed by atoms with Gasteiger partial charge in [0.15, 0.2) is 5.13 Å². The van der Waals surface area contributed by atoms with Crippen molar-refractivity contribution >= 4 is 44.0 Å². The van der Waals surface area contributed by atoms with Crippen molar-refractivity contribution in [3.63, 3.8) is 0 Å². The summed E-state index contributed by atoms with van der Waals surface area (Å²) in [4.78, 5) is 30.1. The molecule has 3 rings (SSSR count). The number of anilines is 2. The van der Waals surface area contributed by atoms with Crippen LogP contribution in [0.2, 0.25) is 0 Å². The van der Waals surface area contributed by atoms with Crippen LogP contribution in [0.1, 0.15) is 19.5 Å². The van der Waals surface area contributed by atoms with Gasteiger partial charge in [0.2, 0.25) is 21.8 Å². The van der Waals surface area contributed by atoms with Gasteiger partial charge in [-0.15, -0.1) is 11.3 Å². The van der Waals surface area contributed by atoms with E-state index in [1.165, 1.54) is 49.4 Å². The Bertz CT molecular complexity index is 1020. The van der Waals surface area contributed by atoms with E-state index in [0.29, 0.717) is 30.6 Å². The van der Waals surface area contributed by atoms with E-state index in [1.54, 1.807) is 0 Å². The number of benzene rings is 1. The number of ether oxygens (including phenoxy) is 1. The summed E-state index contributed by atoms with van der Waals surface area (Å²) in [7, 11) is -3.92. The number of sulfonamides is 1. The molecule has 0 spiro atoms. The van der Waals surface area contributed by atoms with E-state index < -0.39 is 22.0 Å². The van der Waals surface area contributed by atoms with Gasteiger partial charge >= 0.3 is 0 Å². The number of hydrogen-bond donors (Lipinski definition) is 3. The molecule has 10 nitrogen and oxygen atoms in total. The normalized spacial score (nSPS) is 15.9. The largest absolute Gasteiger partial charge is 0.379 e. The Labute approximate surface area is 185 Å². The first-order chi connectivity index (χ1) is 14.7. The fourth-order valence-electron chi connectivity index (χ4n) is 2.91. The smallest absolute Gasteiger partial charge is 0.244 e. The second kappa shape index (κ2) is 10.3. The predicted octanol–water partition coefficient (Wildman–Crippen LogP) is 1.24. The van der Waals surface area contributed by atoms with Crippen LogP contribution >= 0.6 is 11.3 Å². The summed E-state index contributed by atoms with van der Waals surface area (Å²) >= 11 is 1.29. The molecule has 1 aliphatic rings. The van der Waals surface area contributed by atoms with Gasteiger partial charge in [-0.1, -0.05) is 0 Å². The van der Waals surface area contributed by atoms with Crippen molar-refractivity contribution in [3.8, 4) is 0 Å². The Hall–Kier alpha value is -2.38. The van der Waals surface area contributed by atoms with E-state index in [2.05, 4.69) is 25.2 Å². The number of carbonyl (C=O) groups excluding carboxylic acids is 2. The lowest BCUT2D eigenvalue weighted by Crippen LogP contribution is -2.41. The Morgan fingerprint density at radius 3 is 2.52 bits per heavy atom. The lowest BCUT2D eigenvalue weighted by atomic mass is 10.3. The first-order valence-electron chi connectivity index (χ1n) is 9.68. The number of carbonyl (C=O) groups is 2. The molecule has 31 heavy (non-hydrogen) atoms. The van der Waals surface area contributed by atoms with Gasteiger partial charge in [-0.05, 0) is 31.2 Å². The summed E-state index contributed by atoms with van der Waals surface area (Å²) in [5, 5.41) is 7.51. The van der Waals surface area contributed by atoms with Gasteiger partial charge in [0.25, 0.3) is 0 Å². The predicted molar refractivity (Wildman–Crippen MR) is 117 cm³/mol. The van der Waals surface area contributed by atoms with E-state index in [4.69, 9.17) is 4.74 Å². The summed E-state index contributed by atoms with van der Waals surface area (Å²) in [5.74, 6) is -0.764. The van der Waals surface area contributed by atoms with E-state index in [9.17, 15) is 18.0 Å². The maximum absolute atomic E-state index is 12.6. The zero-order valence-electron chi connectivity index (χ0n) is 17.3. The minimum atomic E-state index is -3.92. The summed E-state index contributed by atoms with van der Waals surface area (Å²) in [6, 6.07) is 4.67. The zero-order valence-corrected chi connectivity index (χ0v) is 18.9. The molecule has 1 atom stereocenters. The molecule has 2 aromatic rings. The van der Waals surface area contributed by atoms with Gasteiger partial charge in [0, 0.05) is 37.6 Å². The third-order valence-corrected chi connectivity index (χ3v) is 6.84. The van der Waals surface area contributed by atoms with E-state index in [-0.39, 0.29) is 10.8 Å². The van der Waals surface area contributed by atoms with Crippen LogP contribution in [-0.4, -0.2) is 62.5 Å². The van der Waals surface area contributed by atoms with Crippen LogP contribution in [0.3, 0.4) is 0 Å². The molecule has 0 aliphatic carbocycles. The fraction of sp³-hybridized carbons (Fsp3) is 0.421. The third kappa shape index (κ3) is 6.80. The molecule has 2 amide bonds. The van der Waals surface area contributed by atoms with Gasteiger partial charge in [-0.25, -0.2) is 13.4 Å². The van der Waals surface area contributed by atoms with Gasteiger partial charge in [-0.3, -0.25) is 14.5 Å². The molecule has 1 aromatic carbocycles. The van der Waals surface area contributed by atoms with Crippen LogP contribution in [0.5, 0.6) is 0 Å². The molecule has 1 aromatic heterocycles. The molecule has 0 radical (unpaired) electrons. The molecule has 1 aliphatic heterocycles. The molecule has 0 saturated carbocycles. The second-order valence-corrected chi connectivity index (χ2v) is 9.64. The minimum absolute atomic E-state index is 0.0108. The standard InChI is InChI=1S/C19H25N5O5S2/c1-13(23-31(27,28)17-5-3-15(4-6-17)20-14(2)25)18(26)22-19-21-16(12-30-19)11-24-7-9-29-10-8-24/h3-6,12-13,23H,7-11H2,1-2H3,(H,20,25)(H,21,22,26)/t13-/m0/s1. The number of thiazole rings is 1. The van der Waals surface area contributed by atoms with E-state index in [0.717, 1.165) is 18.8 Å². The van der Waals surface area contributed by atoms with Gasteiger partial charge in [-0.2, -0.15) is 4.72 Å². The van der Waals surface area contributed by atoms with Crippen molar-refractivity contribution in [2.75, 3.05) is 36.9 Å². The number of rotatable bonds is 8. The number of hydrogen-bond acceptors (Lipinski definition) is 8. The molecule has 12 heteroatoms. The van der Waals surface area contributed by atoms with Crippen LogP contribution in [0.25, 0.3) is 0 Å².